The van der Waals surface area contributed by atoms with E-state index in [4.69, 9.17) is 4.74 Å². The molecule has 1 N–H and O–H groups in total. The molecule has 0 aromatic heterocycles. The second-order valence-corrected chi connectivity index (χ2v) is 5.66. The smallest absolute Gasteiger partial charge is 0.259 e. The normalized spacial score (nSPS) is 10.1. The van der Waals surface area contributed by atoms with E-state index < -0.39 is 0 Å². The number of carbonyl (C=O) groups excluding carboxylic acids is 1. The first-order valence-corrected chi connectivity index (χ1v) is 7.23. The first kappa shape index (κ1) is 15.4. The van der Waals surface area contributed by atoms with Crippen LogP contribution in [0.1, 0.15) is 10.4 Å². The third kappa shape index (κ3) is 3.76. The van der Waals surface area contributed by atoms with Gasteiger partial charge < -0.3 is 15.0 Å². The Morgan fingerprint density at radius 1 is 1.14 bits per heavy atom. The summed E-state index contributed by atoms with van der Waals surface area (Å²) in [4.78, 5) is 14.3. The van der Waals surface area contributed by atoms with Gasteiger partial charge in [0.2, 0.25) is 0 Å². The van der Waals surface area contributed by atoms with E-state index in [2.05, 4.69) is 21.2 Å². The Labute approximate surface area is 132 Å². The van der Waals surface area contributed by atoms with Gasteiger partial charge in [0.05, 0.1) is 12.7 Å². The van der Waals surface area contributed by atoms with Gasteiger partial charge in [-0.2, -0.15) is 0 Å². The Kier molecular flexibility index (Phi) is 4.85. The molecule has 21 heavy (non-hydrogen) atoms. The van der Waals surface area contributed by atoms with Crippen LogP contribution in [0.2, 0.25) is 0 Å². The molecular weight excluding hydrogens is 332 g/mol. The fourth-order valence-electron chi connectivity index (χ4n) is 1.90. The zero-order valence-corrected chi connectivity index (χ0v) is 13.8. The zero-order valence-electron chi connectivity index (χ0n) is 12.2. The van der Waals surface area contributed by atoms with Crippen molar-refractivity contribution in [3.05, 3.63) is 52.5 Å². The molecule has 110 valence electrons. The lowest BCUT2D eigenvalue weighted by molar-refractivity contribution is 0.102. The molecule has 1 amide bonds. The summed E-state index contributed by atoms with van der Waals surface area (Å²) in [5, 5.41) is 2.87. The van der Waals surface area contributed by atoms with Crippen LogP contribution in [0.15, 0.2) is 46.9 Å². The number of amides is 1. The third-order valence-corrected chi connectivity index (χ3v) is 3.54. The molecule has 0 bridgehead atoms. The van der Waals surface area contributed by atoms with E-state index in [1.807, 2.05) is 49.3 Å². The SMILES string of the molecule is COc1ccc(Br)cc1C(=O)Nc1ccc(N(C)C)cc1. The van der Waals surface area contributed by atoms with E-state index in [1.165, 1.54) is 0 Å². The van der Waals surface area contributed by atoms with Crippen LogP contribution < -0.4 is 15.0 Å². The van der Waals surface area contributed by atoms with Crippen molar-refractivity contribution in [1.82, 2.24) is 0 Å². The van der Waals surface area contributed by atoms with Crippen LogP contribution in [-0.4, -0.2) is 27.1 Å². The summed E-state index contributed by atoms with van der Waals surface area (Å²) >= 11 is 3.36. The maximum Gasteiger partial charge on any atom is 0.259 e. The largest absolute Gasteiger partial charge is 0.496 e. The summed E-state index contributed by atoms with van der Waals surface area (Å²) in [5.41, 5.74) is 2.31. The Hall–Kier alpha value is -2.01. The van der Waals surface area contributed by atoms with Gasteiger partial charge in [-0.3, -0.25) is 4.79 Å². The Morgan fingerprint density at radius 3 is 2.38 bits per heavy atom. The third-order valence-electron chi connectivity index (χ3n) is 3.05. The molecule has 4 nitrogen and oxygen atoms in total. The Bertz CT molecular complexity index is 639. The van der Waals surface area contributed by atoms with E-state index in [-0.39, 0.29) is 5.91 Å². The maximum atomic E-state index is 12.3. The summed E-state index contributed by atoms with van der Waals surface area (Å²) in [7, 11) is 5.49. The van der Waals surface area contributed by atoms with Gasteiger partial charge in [-0.05, 0) is 42.5 Å². The molecule has 0 spiro atoms. The molecule has 0 aliphatic heterocycles. The maximum absolute atomic E-state index is 12.3. The van der Waals surface area contributed by atoms with Gasteiger partial charge in [-0.25, -0.2) is 0 Å². The summed E-state index contributed by atoms with van der Waals surface area (Å²) in [6.07, 6.45) is 0. The predicted octanol–water partition coefficient (Wildman–Crippen LogP) is 3.78. The molecule has 2 rings (SSSR count). The van der Waals surface area contributed by atoms with Crippen molar-refractivity contribution >= 4 is 33.2 Å². The fourth-order valence-corrected chi connectivity index (χ4v) is 2.26. The zero-order chi connectivity index (χ0) is 15.4. The van der Waals surface area contributed by atoms with Gasteiger partial charge in [0.1, 0.15) is 5.75 Å². The first-order chi connectivity index (χ1) is 10.0. The van der Waals surface area contributed by atoms with Crippen LogP contribution in [0.5, 0.6) is 5.75 Å². The molecule has 0 unspecified atom stereocenters. The van der Waals surface area contributed by atoms with E-state index in [0.29, 0.717) is 11.3 Å². The number of benzene rings is 2. The standard InChI is InChI=1S/C16H17BrN2O2/c1-19(2)13-7-5-12(6-8-13)18-16(20)14-10-11(17)4-9-15(14)21-3/h4-10H,1-3H3,(H,18,20). The number of nitrogens with one attached hydrogen (secondary N) is 1. The van der Waals surface area contributed by atoms with Crippen LogP contribution in [0, 0.1) is 0 Å². The predicted molar refractivity (Wildman–Crippen MR) is 89.4 cm³/mol. The number of nitrogens with zero attached hydrogens (tertiary/aromatic N) is 1. The highest BCUT2D eigenvalue weighted by atomic mass is 79.9. The van der Waals surface area contributed by atoms with E-state index in [9.17, 15) is 4.79 Å². The van der Waals surface area contributed by atoms with Crippen molar-refractivity contribution < 1.29 is 9.53 Å². The quantitative estimate of drug-likeness (QED) is 0.914. The molecule has 0 saturated heterocycles. The van der Waals surface area contributed by atoms with Crippen LogP contribution in [0.4, 0.5) is 11.4 Å². The minimum atomic E-state index is -0.203. The first-order valence-electron chi connectivity index (χ1n) is 6.43. The summed E-state index contributed by atoms with van der Waals surface area (Å²) in [5.74, 6) is 0.339. The summed E-state index contributed by atoms with van der Waals surface area (Å²) in [6, 6.07) is 13.0. The lowest BCUT2D eigenvalue weighted by Crippen LogP contribution is -2.13. The number of hydrogen-bond donors (Lipinski definition) is 1. The minimum absolute atomic E-state index is 0.203. The molecule has 2 aromatic rings. The molecule has 0 atom stereocenters. The molecule has 2 aromatic carbocycles. The lowest BCUT2D eigenvalue weighted by atomic mass is 10.2. The number of methoxy groups -OCH3 is 1. The molecule has 0 radical (unpaired) electrons. The monoisotopic (exact) mass is 348 g/mol. The Balaban J connectivity index is 2.19. The van der Waals surface area contributed by atoms with Crippen molar-refractivity contribution in [2.45, 2.75) is 0 Å². The topological polar surface area (TPSA) is 41.6 Å². The second-order valence-electron chi connectivity index (χ2n) is 4.74. The van der Waals surface area contributed by atoms with Crippen molar-refractivity contribution in [1.29, 1.82) is 0 Å². The van der Waals surface area contributed by atoms with E-state index in [1.54, 1.807) is 19.2 Å². The lowest BCUT2D eigenvalue weighted by Gasteiger charge is -2.13. The van der Waals surface area contributed by atoms with Gasteiger partial charge in [0.25, 0.3) is 5.91 Å². The molecule has 0 aliphatic rings. The highest BCUT2D eigenvalue weighted by Crippen LogP contribution is 2.24. The number of rotatable bonds is 4. The summed E-state index contributed by atoms with van der Waals surface area (Å²) < 4.78 is 6.05. The van der Waals surface area contributed by atoms with Crippen LogP contribution in [0.3, 0.4) is 0 Å². The number of halogens is 1. The van der Waals surface area contributed by atoms with Crippen molar-refractivity contribution in [3.8, 4) is 5.75 Å². The Morgan fingerprint density at radius 2 is 1.81 bits per heavy atom. The average Bonchev–Trinajstić information content (AvgIpc) is 2.47. The highest BCUT2D eigenvalue weighted by molar-refractivity contribution is 9.10. The fraction of sp³-hybridized carbons (Fsp3) is 0.188. The number of ether oxygens (including phenoxy) is 1. The minimum Gasteiger partial charge on any atom is -0.496 e. The van der Waals surface area contributed by atoms with Gasteiger partial charge >= 0.3 is 0 Å². The van der Waals surface area contributed by atoms with Crippen molar-refractivity contribution in [3.63, 3.8) is 0 Å². The van der Waals surface area contributed by atoms with Gasteiger partial charge in [0.15, 0.2) is 0 Å². The van der Waals surface area contributed by atoms with Crippen LogP contribution in [0.25, 0.3) is 0 Å². The van der Waals surface area contributed by atoms with Crippen molar-refractivity contribution in [2.75, 3.05) is 31.4 Å². The number of anilines is 2. The van der Waals surface area contributed by atoms with Crippen LogP contribution >= 0.6 is 15.9 Å². The molecule has 0 aliphatic carbocycles. The average molecular weight is 349 g/mol. The summed E-state index contributed by atoms with van der Waals surface area (Å²) in [6.45, 7) is 0. The second kappa shape index (κ2) is 6.63. The van der Waals surface area contributed by atoms with Crippen LogP contribution in [-0.2, 0) is 0 Å². The van der Waals surface area contributed by atoms with E-state index in [0.717, 1.165) is 15.8 Å². The number of hydrogen-bond acceptors (Lipinski definition) is 3. The number of carbonyl (C=O) groups is 1. The molecule has 0 heterocycles. The highest BCUT2D eigenvalue weighted by Gasteiger charge is 2.13. The van der Waals surface area contributed by atoms with E-state index >= 15 is 0 Å². The molecular formula is C16H17BrN2O2. The molecule has 0 saturated carbocycles. The van der Waals surface area contributed by atoms with Gasteiger partial charge in [0, 0.05) is 29.9 Å². The van der Waals surface area contributed by atoms with Gasteiger partial charge in [-0.15, -0.1) is 0 Å². The van der Waals surface area contributed by atoms with Crippen molar-refractivity contribution in [2.24, 2.45) is 0 Å². The molecule has 0 fully saturated rings. The molecule has 5 heteroatoms. The van der Waals surface area contributed by atoms with Gasteiger partial charge in [-0.1, -0.05) is 15.9 Å².